The lowest BCUT2D eigenvalue weighted by atomic mass is 10.2. The number of carbonyl (C=O) groups is 1. The highest BCUT2D eigenvalue weighted by molar-refractivity contribution is 7.85. The summed E-state index contributed by atoms with van der Waals surface area (Å²) < 4.78 is 4.88. The molecule has 0 amide bonds. The Kier molecular flexibility index (Phi) is 3.62. The molecule has 5 heteroatoms. The summed E-state index contributed by atoms with van der Waals surface area (Å²) in [5.41, 5.74) is 0.594. The summed E-state index contributed by atoms with van der Waals surface area (Å²) in [6, 6.07) is 4.51. The lowest BCUT2D eigenvalue weighted by Crippen LogP contribution is -1.93. The predicted molar refractivity (Wildman–Crippen MR) is 59.3 cm³/mol. The number of phenolic OH excluding ortho intramolecular Hbond substituents is 1. The molecule has 0 saturated carbocycles. The monoisotopic (exact) mass is 226 g/mol. The van der Waals surface area contributed by atoms with Gasteiger partial charge in [-0.3, -0.25) is 0 Å². The first-order chi connectivity index (χ1) is 7.04. The molecule has 0 aliphatic heterocycles. The molecule has 4 nitrogen and oxygen atoms in total. The number of carboxylic acids is 1. The van der Waals surface area contributed by atoms with Gasteiger partial charge >= 0.3 is 5.97 Å². The third kappa shape index (κ3) is 2.92. The first-order valence-electron chi connectivity index (χ1n) is 4.05. The van der Waals surface area contributed by atoms with Gasteiger partial charge in [-0.15, -0.1) is 12.6 Å². The van der Waals surface area contributed by atoms with Crippen LogP contribution in [-0.4, -0.2) is 23.3 Å². The minimum absolute atomic E-state index is 0.00527. The Labute approximate surface area is 92.2 Å². The zero-order chi connectivity index (χ0) is 11.4. The van der Waals surface area contributed by atoms with E-state index < -0.39 is 5.97 Å². The van der Waals surface area contributed by atoms with Crippen LogP contribution in [0.5, 0.6) is 11.5 Å². The number of rotatable bonds is 3. The molecule has 0 atom stereocenters. The summed E-state index contributed by atoms with van der Waals surface area (Å²) in [5, 5.41) is 17.9. The second-order valence-corrected chi connectivity index (χ2v) is 3.25. The Morgan fingerprint density at radius 3 is 2.73 bits per heavy atom. The van der Waals surface area contributed by atoms with Crippen LogP contribution in [0.2, 0.25) is 0 Å². The Hall–Kier alpha value is -1.62. The number of carboxylic acid groups (broad SMARTS) is 1. The van der Waals surface area contributed by atoms with Crippen molar-refractivity contribution in [2.75, 3.05) is 7.11 Å². The van der Waals surface area contributed by atoms with Gasteiger partial charge < -0.3 is 14.9 Å². The molecule has 0 spiro atoms. The van der Waals surface area contributed by atoms with Crippen molar-refractivity contribution in [2.24, 2.45) is 0 Å². The van der Waals surface area contributed by atoms with E-state index in [1.165, 1.54) is 25.3 Å². The molecule has 15 heavy (non-hydrogen) atoms. The molecule has 0 bridgehead atoms. The van der Waals surface area contributed by atoms with Crippen LogP contribution in [0.15, 0.2) is 23.1 Å². The van der Waals surface area contributed by atoms with Crippen LogP contribution < -0.4 is 4.74 Å². The number of methoxy groups -OCH3 is 1. The van der Waals surface area contributed by atoms with Gasteiger partial charge in [-0.25, -0.2) is 4.79 Å². The van der Waals surface area contributed by atoms with Gasteiger partial charge in [0, 0.05) is 0 Å². The third-order valence-corrected chi connectivity index (χ3v) is 2.05. The average molecular weight is 226 g/mol. The fourth-order valence-electron chi connectivity index (χ4n) is 1.00. The van der Waals surface area contributed by atoms with Crippen LogP contribution in [0.4, 0.5) is 0 Å². The first-order valence-corrected chi connectivity index (χ1v) is 4.50. The minimum Gasteiger partial charge on any atom is -0.504 e. The maximum Gasteiger partial charge on any atom is 0.341 e. The lowest BCUT2D eigenvalue weighted by molar-refractivity contribution is -0.131. The average Bonchev–Trinajstić information content (AvgIpc) is 2.20. The molecule has 2 N–H and O–H groups in total. The van der Waals surface area contributed by atoms with E-state index in [9.17, 15) is 9.90 Å². The second kappa shape index (κ2) is 4.75. The zero-order valence-corrected chi connectivity index (χ0v) is 8.86. The standard InChI is InChI=1S/C10H10O4S/c1-14-8-4-6(2-3-7(8)11)5-9(15)10(12)13/h2-5,11,15H,1H3,(H,12,13)/b9-5-. The highest BCUT2D eigenvalue weighted by Crippen LogP contribution is 2.27. The van der Waals surface area contributed by atoms with E-state index in [1.54, 1.807) is 6.07 Å². The minimum atomic E-state index is -1.11. The molecule has 0 fully saturated rings. The molecule has 80 valence electrons. The van der Waals surface area contributed by atoms with E-state index in [-0.39, 0.29) is 16.4 Å². The van der Waals surface area contributed by atoms with Crippen molar-refractivity contribution in [3.8, 4) is 11.5 Å². The van der Waals surface area contributed by atoms with Crippen molar-refractivity contribution in [1.82, 2.24) is 0 Å². The Morgan fingerprint density at radius 2 is 2.20 bits per heavy atom. The Morgan fingerprint density at radius 1 is 1.53 bits per heavy atom. The second-order valence-electron chi connectivity index (χ2n) is 2.77. The summed E-state index contributed by atoms with van der Waals surface area (Å²) >= 11 is 3.78. The molecule has 0 aliphatic carbocycles. The number of aliphatic carboxylic acids is 1. The molecule has 0 unspecified atom stereocenters. The fourth-order valence-corrected chi connectivity index (χ4v) is 1.15. The molecule has 1 rings (SSSR count). The topological polar surface area (TPSA) is 66.8 Å². The molecule has 0 saturated heterocycles. The summed E-state index contributed by atoms with van der Waals surface area (Å²) in [4.78, 5) is 10.4. The van der Waals surface area contributed by atoms with E-state index in [2.05, 4.69) is 12.6 Å². The molecular weight excluding hydrogens is 216 g/mol. The molecular formula is C10H10O4S. The van der Waals surface area contributed by atoms with Crippen molar-refractivity contribution in [2.45, 2.75) is 0 Å². The van der Waals surface area contributed by atoms with Gasteiger partial charge in [-0.05, 0) is 23.8 Å². The van der Waals surface area contributed by atoms with Crippen LogP contribution in [0.1, 0.15) is 5.56 Å². The fraction of sp³-hybridized carbons (Fsp3) is 0.100. The lowest BCUT2D eigenvalue weighted by Gasteiger charge is -2.03. The third-order valence-electron chi connectivity index (χ3n) is 1.73. The van der Waals surface area contributed by atoms with Gasteiger partial charge in [0.2, 0.25) is 0 Å². The van der Waals surface area contributed by atoms with E-state index in [0.717, 1.165) is 0 Å². The highest BCUT2D eigenvalue weighted by atomic mass is 32.1. The van der Waals surface area contributed by atoms with Gasteiger partial charge in [0.05, 0.1) is 12.0 Å². The maximum absolute atomic E-state index is 10.5. The quantitative estimate of drug-likeness (QED) is 0.542. The number of ether oxygens (including phenoxy) is 1. The van der Waals surface area contributed by atoms with Gasteiger partial charge in [0.25, 0.3) is 0 Å². The molecule has 1 aromatic rings. The van der Waals surface area contributed by atoms with E-state index >= 15 is 0 Å². The summed E-state index contributed by atoms with van der Waals surface area (Å²) in [6.45, 7) is 0. The molecule has 1 aromatic carbocycles. The van der Waals surface area contributed by atoms with Crippen molar-refractivity contribution in [1.29, 1.82) is 0 Å². The Bertz CT molecular complexity index is 412. The zero-order valence-electron chi connectivity index (χ0n) is 7.97. The summed E-state index contributed by atoms with van der Waals surface area (Å²) in [7, 11) is 1.42. The number of hydrogen-bond donors (Lipinski definition) is 3. The van der Waals surface area contributed by atoms with Crippen LogP contribution >= 0.6 is 12.6 Å². The van der Waals surface area contributed by atoms with Crippen molar-refractivity contribution in [3.05, 3.63) is 28.7 Å². The number of thiol groups is 1. The van der Waals surface area contributed by atoms with Gasteiger partial charge in [0.15, 0.2) is 11.5 Å². The van der Waals surface area contributed by atoms with Gasteiger partial charge in [-0.1, -0.05) is 6.07 Å². The van der Waals surface area contributed by atoms with Crippen molar-refractivity contribution < 1.29 is 19.7 Å². The normalized spacial score (nSPS) is 11.2. The van der Waals surface area contributed by atoms with Gasteiger partial charge in [-0.2, -0.15) is 0 Å². The number of phenols is 1. The summed E-state index contributed by atoms with van der Waals surface area (Å²) in [6.07, 6.45) is 1.37. The SMILES string of the molecule is COc1cc(/C=C(\S)C(=O)O)ccc1O. The molecule has 0 aliphatic rings. The van der Waals surface area contributed by atoms with E-state index in [1.807, 2.05) is 0 Å². The van der Waals surface area contributed by atoms with Crippen LogP contribution in [-0.2, 0) is 4.79 Å². The van der Waals surface area contributed by atoms with Crippen LogP contribution in [0, 0.1) is 0 Å². The smallest absolute Gasteiger partial charge is 0.341 e. The first kappa shape index (κ1) is 11.5. The Balaban J connectivity index is 3.07. The number of hydrogen-bond acceptors (Lipinski definition) is 4. The van der Waals surface area contributed by atoms with Crippen LogP contribution in [0.25, 0.3) is 6.08 Å². The molecule has 0 radical (unpaired) electrons. The van der Waals surface area contributed by atoms with Crippen molar-refractivity contribution >= 4 is 24.7 Å². The largest absolute Gasteiger partial charge is 0.504 e. The molecule has 0 heterocycles. The van der Waals surface area contributed by atoms with Crippen molar-refractivity contribution in [3.63, 3.8) is 0 Å². The maximum atomic E-state index is 10.5. The van der Waals surface area contributed by atoms with Gasteiger partial charge in [0.1, 0.15) is 0 Å². The van der Waals surface area contributed by atoms with E-state index in [4.69, 9.17) is 9.84 Å². The number of aromatic hydroxyl groups is 1. The van der Waals surface area contributed by atoms with Crippen LogP contribution in [0.3, 0.4) is 0 Å². The predicted octanol–water partition coefficient (Wildman–Crippen LogP) is 1.76. The highest BCUT2D eigenvalue weighted by Gasteiger charge is 2.04. The molecule has 0 aromatic heterocycles. The number of benzene rings is 1. The van der Waals surface area contributed by atoms with E-state index in [0.29, 0.717) is 5.56 Å². The summed E-state index contributed by atoms with van der Waals surface area (Å²) in [5.74, 6) is -0.814.